The van der Waals surface area contributed by atoms with Crippen LogP contribution in [-0.4, -0.2) is 50.3 Å². The Bertz CT molecular complexity index is 1050. The monoisotopic (exact) mass is 376 g/mol. The highest BCUT2D eigenvalue weighted by Crippen LogP contribution is 2.40. The molecule has 1 aromatic carbocycles. The van der Waals surface area contributed by atoms with Gasteiger partial charge in [-0.1, -0.05) is 18.2 Å². The largest absolute Gasteiger partial charge is 0.357 e. The second-order valence-electron chi connectivity index (χ2n) is 7.98. The number of anilines is 1. The fourth-order valence-electron chi connectivity index (χ4n) is 3.84. The summed E-state index contributed by atoms with van der Waals surface area (Å²) in [5.74, 6) is 0.680. The molecular formula is C21H24N6O. The lowest BCUT2D eigenvalue weighted by Gasteiger charge is -2.35. The lowest BCUT2D eigenvalue weighted by atomic mass is 10.1. The van der Waals surface area contributed by atoms with Gasteiger partial charge in [0.05, 0.1) is 17.9 Å². The van der Waals surface area contributed by atoms with E-state index in [0.717, 1.165) is 23.6 Å². The van der Waals surface area contributed by atoms with Crippen LogP contribution in [0.3, 0.4) is 0 Å². The first-order chi connectivity index (χ1) is 13.6. The van der Waals surface area contributed by atoms with Crippen molar-refractivity contribution in [1.82, 2.24) is 24.7 Å². The molecule has 0 atom stereocenters. The van der Waals surface area contributed by atoms with Gasteiger partial charge in [0.2, 0.25) is 11.6 Å². The Morgan fingerprint density at radius 3 is 2.71 bits per heavy atom. The minimum atomic E-state index is 0.145. The summed E-state index contributed by atoms with van der Waals surface area (Å²) in [6, 6.07) is 8.53. The Hall–Kier alpha value is -2.96. The molecule has 2 fully saturated rings. The van der Waals surface area contributed by atoms with Crippen molar-refractivity contribution in [2.24, 2.45) is 0 Å². The first-order valence-corrected chi connectivity index (χ1v) is 9.88. The van der Waals surface area contributed by atoms with E-state index in [-0.39, 0.29) is 5.91 Å². The molecule has 1 saturated heterocycles. The highest BCUT2D eigenvalue weighted by molar-refractivity contribution is 5.85. The van der Waals surface area contributed by atoms with Gasteiger partial charge in [0.15, 0.2) is 0 Å². The van der Waals surface area contributed by atoms with Crippen molar-refractivity contribution in [2.45, 2.75) is 39.2 Å². The smallest absolute Gasteiger partial charge is 0.242 e. The van der Waals surface area contributed by atoms with E-state index in [1.165, 1.54) is 29.5 Å². The Kier molecular flexibility index (Phi) is 4.03. The number of amides is 1. The van der Waals surface area contributed by atoms with Crippen LogP contribution in [0.1, 0.15) is 41.1 Å². The molecule has 144 valence electrons. The maximum absolute atomic E-state index is 12.9. The molecule has 2 aliphatic rings. The van der Waals surface area contributed by atoms with E-state index in [0.29, 0.717) is 25.6 Å². The number of hydrogen-bond donors (Lipinski definition) is 0. The van der Waals surface area contributed by atoms with Crippen molar-refractivity contribution < 1.29 is 4.79 Å². The van der Waals surface area contributed by atoms with E-state index < -0.39 is 0 Å². The van der Waals surface area contributed by atoms with Crippen LogP contribution < -0.4 is 4.90 Å². The van der Waals surface area contributed by atoms with Gasteiger partial charge in [-0.25, -0.2) is 0 Å². The summed E-state index contributed by atoms with van der Waals surface area (Å²) < 4.78 is 1.74. The minimum absolute atomic E-state index is 0.145. The molecule has 1 amide bonds. The minimum Gasteiger partial charge on any atom is -0.357 e. The number of aromatic nitrogens is 4. The van der Waals surface area contributed by atoms with Gasteiger partial charge in [0.1, 0.15) is 6.33 Å². The quantitative estimate of drug-likeness (QED) is 0.700. The fourth-order valence-corrected chi connectivity index (χ4v) is 3.84. The number of carbonyl (C=O) groups is 1. The zero-order valence-electron chi connectivity index (χ0n) is 16.3. The third-order valence-corrected chi connectivity index (χ3v) is 5.87. The second-order valence-corrected chi connectivity index (χ2v) is 7.98. The van der Waals surface area contributed by atoms with Crippen LogP contribution in [0, 0.1) is 13.8 Å². The molecule has 0 spiro atoms. The van der Waals surface area contributed by atoms with Gasteiger partial charge in [0.25, 0.3) is 0 Å². The average Bonchev–Trinajstić information content (AvgIpc) is 3.43. The van der Waals surface area contributed by atoms with Gasteiger partial charge < -0.3 is 9.80 Å². The predicted molar refractivity (Wildman–Crippen MR) is 106 cm³/mol. The molecule has 2 aromatic heterocycles. The number of rotatable bonds is 4. The molecule has 28 heavy (non-hydrogen) atoms. The molecular weight excluding hydrogens is 352 g/mol. The van der Waals surface area contributed by atoms with E-state index in [4.69, 9.17) is 0 Å². The van der Waals surface area contributed by atoms with Crippen LogP contribution in [-0.2, 0) is 11.3 Å². The normalized spacial score (nSPS) is 17.6. The van der Waals surface area contributed by atoms with E-state index in [2.05, 4.69) is 58.3 Å². The van der Waals surface area contributed by atoms with Crippen molar-refractivity contribution in [3.05, 3.63) is 53.0 Å². The number of aryl methyl sites for hydroxylation is 2. The highest BCUT2D eigenvalue weighted by atomic mass is 16.2. The first-order valence-electron chi connectivity index (χ1n) is 9.88. The number of fused-ring (bicyclic) bond motifs is 1. The van der Waals surface area contributed by atoms with E-state index in [1.807, 2.05) is 4.90 Å². The summed E-state index contributed by atoms with van der Waals surface area (Å²) in [7, 11) is 0. The fraction of sp³-hybridized carbons (Fsp3) is 0.429. The Balaban J connectivity index is 1.36. The van der Waals surface area contributed by atoms with Crippen LogP contribution in [0.2, 0.25) is 0 Å². The topological polar surface area (TPSA) is 66.6 Å². The molecule has 0 radical (unpaired) electrons. The second kappa shape index (κ2) is 6.58. The van der Waals surface area contributed by atoms with Gasteiger partial charge >= 0.3 is 0 Å². The lowest BCUT2D eigenvalue weighted by Crippen LogP contribution is -2.50. The van der Waals surface area contributed by atoms with Crippen LogP contribution in [0.5, 0.6) is 0 Å². The van der Waals surface area contributed by atoms with Crippen LogP contribution >= 0.6 is 0 Å². The van der Waals surface area contributed by atoms with Crippen molar-refractivity contribution in [3.63, 3.8) is 0 Å². The van der Waals surface area contributed by atoms with Gasteiger partial charge in [-0.3, -0.25) is 4.79 Å². The molecule has 3 heterocycles. The molecule has 0 bridgehead atoms. The Morgan fingerprint density at radius 2 is 1.96 bits per heavy atom. The maximum atomic E-state index is 12.9. The number of benzene rings is 1. The van der Waals surface area contributed by atoms with Gasteiger partial charge in [0, 0.05) is 25.6 Å². The molecule has 7 nitrogen and oxygen atoms in total. The standard InChI is InChI=1S/C21H24N6O/c1-14-3-4-16(9-15(14)2)11-26-8-7-25(12-20(26)28)19-10-18(17-5-6-17)24-27-13-22-23-21(19)27/h3-4,9-10,13,17H,5-8,11-12H2,1-2H3. The highest BCUT2D eigenvalue weighted by Gasteiger charge is 2.30. The molecule has 1 aliphatic carbocycles. The number of piperazine rings is 1. The predicted octanol–water partition coefficient (Wildman–Crippen LogP) is 2.47. The molecule has 1 aliphatic heterocycles. The zero-order chi connectivity index (χ0) is 19.3. The van der Waals surface area contributed by atoms with Gasteiger partial charge in [-0.2, -0.15) is 9.61 Å². The van der Waals surface area contributed by atoms with Crippen LogP contribution in [0.15, 0.2) is 30.6 Å². The molecule has 7 heteroatoms. The summed E-state index contributed by atoms with van der Waals surface area (Å²) >= 11 is 0. The Labute approximate surface area is 164 Å². The lowest BCUT2D eigenvalue weighted by molar-refractivity contribution is -0.131. The van der Waals surface area contributed by atoms with Crippen molar-refractivity contribution in [1.29, 1.82) is 0 Å². The summed E-state index contributed by atoms with van der Waals surface area (Å²) in [6.45, 7) is 6.74. The Morgan fingerprint density at radius 1 is 1.11 bits per heavy atom. The van der Waals surface area contributed by atoms with E-state index in [9.17, 15) is 4.79 Å². The average molecular weight is 376 g/mol. The molecule has 0 N–H and O–H groups in total. The third-order valence-electron chi connectivity index (χ3n) is 5.87. The summed E-state index contributed by atoms with van der Waals surface area (Å²) in [4.78, 5) is 16.9. The molecule has 0 unspecified atom stereocenters. The zero-order valence-corrected chi connectivity index (χ0v) is 16.3. The first kappa shape index (κ1) is 17.2. The number of carbonyl (C=O) groups excluding carboxylic acids is 1. The molecule has 5 rings (SSSR count). The van der Waals surface area contributed by atoms with E-state index >= 15 is 0 Å². The maximum Gasteiger partial charge on any atom is 0.242 e. The van der Waals surface area contributed by atoms with Crippen LogP contribution in [0.4, 0.5) is 5.69 Å². The van der Waals surface area contributed by atoms with Crippen molar-refractivity contribution in [3.8, 4) is 0 Å². The SMILES string of the molecule is Cc1ccc(CN2CCN(c3cc(C4CC4)nn4cnnc34)CC2=O)cc1C. The molecule has 3 aromatic rings. The van der Waals surface area contributed by atoms with Crippen molar-refractivity contribution in [2.75, 3.05) is 24.5 Å². The number of hydrogen-bond acceptors (Lipinski definition) is 5. The van der Waals surface area contributed by atoms with Crippen LogP contribution in [0.25, 0.3) is 5.65 Å². The summed E-state index contributed by atoms with van der Waals surface area (Å²) in [6.07, 6.45) is 4.01. The van der Waals surface area contributed by atoms with E-state index in [1.54, 1.807) is 10.8 Å². The van der Waals surface area contributed by atoms with Crippen molar-refractivity contribution >= 4 is 17.2 Å². The number of nitrogens with zero attached hydrogens (tertiary/aromatic N) is 6. The summed E-state index contributed by atoms with van der Waals surface area (Å²) in [5.41, 5.74) is 6.49. The summed E-state index contributed by atoms with van der Waals surface area (Å²) in [5, 5.41) is 12.9. The van der Waals surface area contributed by atoms with Gasteiger partial charge in [-0.15, -0.1) is 10.2 Å². The molecule has 1 saturated carbocycles. The van der Waals surface area contributed by atoms with Gasteiger partial charge in [-0.05, 0) is 49.4 Å². The third kappa shape index (κ3) is 3.10.